The summed E-state index contributed by atoms with van der Waals surface area (Å²) < 4.78 is 37.8. The number of morpholine rings is 1. The van der Waals surface area contributed by atoms with E-state index in [1.807, 2.05) is 17.0 Å². The molecule has 2 aromatic carbocycles. The van der Waals surface area contributed by atoms with Crippen LogP contribution in [0, 0.1) is 5.82 Å². The largest absolute Gasteiger partial charge is 0.510 e. The Bertz CT molecular complexity index is 1740. The first-order valence-corrected chi connectivity index (χ1v) is 14.7. The lowest BCUT2D eigenvalue weighted by Gasteiger charge is -2.47. The van der Waals surface area contributed by atoms with Crippen LogP contribution in [0.3, 0.4) is 0 Å². The van der Waals surface area contributed by atoms with Gasteiger partial charge in [0, 0.05) is 29.3 Å². The van der Waals surface area contributed by atoms with Gasteiger partial charge in [0.15, 0.2) is 11.4 Å². The Hall–Kier alpha value is -4.03. The summed E-state index contributed by atoms with van der Waals surface area (Å²) in [4.78, 5) is 41.6. The zero-order valence-corrected chi connectivity index (χ0v) is 23.4. The van der Waals surface area contributed by atoms with Crippen molar-refractivity contribution in [2.75, 3.05) is 25.9 Å². The van der Waals surface area contributed by atoms with Crippen molar-refractivity contribution in [2.24, 2.45) is 0 Å². The average Bonchev–Trinajstić information content (AvgIpc) is 3.90. The lowest BCUT2D eigenvalue weighted by atomic mass is 9.93. The molecule has 1 aromatic heterocycles. The van der Waals surface area contributed by atoms with Crippen LogP contribution in [0.15, 0.2) is 58.4 Å². The zero-order chi connectivity index (χ0) is 28.8. The van der Waals surface area contributed by atoms with Crippen molar-refractivity contribution in [3.05, 3.63) is 92.6 Å². The molecule has 3 fully saturated rings. The Balaban J connectivity index is 1.22. The van der Waals surface area contributed by atoms with Crippen LogP contribution in [-0.4, -0.2) is 59.5 Å². The summed E-state index contributed by atoms with van der Waals surface area (Å²) in [6.07, 6.45) is 2.15. The molecule has 0 radical (unpaired) electrons. The monoisotopic (exact) mass is 591 g/mol. The molecule has 0 bridgehead atoms. The fourth-order valence-electron chi connectivity index (χ4n) is 6.93. The second-order valence-corrected chi connectivity index (χ2v) is 12.3. The Kier molecular flexibility index (Phi) is 5.49. The van der Waals surface area contributed by atoms with Crippen molar-refractivity contribution in [3.63, 3.8) is 0 Å². The molecule has 1 unspecified atom stereocenters. The van der Waals surface area contributed by atoms with Crippen LogP contribution in [0.4, 0.5) is 9.18 Å². The molecule has 3 atom stereocenters. The second kappa shape index (κ2) is 8.98. The smallest absolute Gasteiger partial charge is 0.451 e. The van der Waals surface area contributed by atoms with Crippen molar-refractivity contribution >= 4 is 23.8 Å². The third-order valence-corrected chi connectivity index (χ3v) is 10.2. The van der Waals surface area contributed by atoms with E-state index in [0.29, 0.717) is 24.3 Å². The Morgan fingerprint density at radius 2 is 2.00 bits per heavy atom. The summed E-state index contributed by atoms with van der Waals surface area (Å²) >= 11 is 1.69. The van der Waals surface area contributed by atoms with E-state index in [-0.39, 0.29) is 35.2 Å². The minimum Gasteiger partial charge on any atom is -0.451 e. The molecule has 1 saturated heterocycles. The molecule has 42 heavy (non-hydrogen) atoms. The van der Waals surface area contributed by atoms with E-state index in [1.165, 1.54) is 23.0 Å². The number of carbonyl (C=O) groups excluding carboxylic acids is 2. The van der Waals surface area contributed by atoms with Crippen molar-refractivity contribution in [3.8, 4) is 5.75 Å². The topological polar surface area (TPSA) is 108 Å². The third kappa shape index (κ3) is 3.51. The summed E-state index contributed by atoms with van der Waals surface area (Å²) in [6.45, 7) is -0.216. The van der Waals surface area contributed by atoms with Crippen LogP contribution in [0.2, 0.25) is 0 Å². The summed E-state index contributed by atoms with van der Waals surface area (Å²) in [5, 5.41) is 0. The van der Waals surface area contributed by atoms with E-state index in [9.17, 15) is 14.4 Å². The molecular formula is C30H26FN3O7S. The maximum Gasteiger partial charge on any atom is 0.510 e. The molecule has 2 aliphatic carbocycles. The van der Waals surface area contributed by atoms with Crippen LogP contribution < -0.4 is 15.6 Å². The number of methoxy groups -OCH3 is 1. The van der Waals surface area contributed by atoms with Crippen molar-refractivity contribution < 1.29 is 32.9 Å². The quantitative estimate of drug-likeness (QED) is 0.359. The number of aromatic nitrogens is 1. The third-order valence-electron chi connectivity index (χ3n) is 9.07. The number of carbonyl (C=O) groups is 2. The van der Waals surface area contributed by atoms with Crippen LogP contribution in [-0.2, 0) is 26.4 Å². The minimum absolute atomic E-state index is 0.0256. The summed E-state index contributed by atoms with van der Waals surface area (Å²) in [5.74, 6) is -0.356. The molecule has 12 heteroatoms. The average molecular weight is 592 g/mol. The number of nitrogens with one attached hydrogen (secondary N) is 1. The predicted octanol–water partition coefficient (Wildman–Crippen LogP) is 3.73. The number of rotatable bonds is 4. The van der Waals surface area contributed by atoms with E-state index < -0.39 is 29.6 Å². The van der Waals surface area contributed by atoms with Gasteiger partial charge in [-0.15, -0.1) is 11.8 Å². The van der Waals surface area contributed by atoms with E-state index in [1.54, 1.807) is 17.8 Å². The predicted molar refractivity (Wildman–Crippen MR) is 148 cm³/mol. The Morgan fingerprint density at radius 3 is 2.81 bits per heavy atom. The van der Waals surface area contributed by atoms with E-state index in [4.69, 9.17) is 14.2 Å². The molecule has 3 aromatic rings. The molecule has 1 amide bonds. The highest BCUT2D eigenvalue weighted by atomic mass is 32.2. The zero-order valence-electron chi connectivity index (χ0n) is 22.6. The van der Waals surface area contributed by atoms with Gasteiger partial charge in [-0.25, -0.2) is 9.18 Å². The second-order valence-electron chi connectivity index (χ2n) is 11.3. The number of hydrogen-bond acceptors (Lipinski definition) is 9. The molecule has 1 N–H and O–H groups in total. The normalized spacial score (nSPS) is 25.5. The van der Waals surface area contributed by atoms with Crippen molar-refractivity contribution in [2.45, 2.75) is 53.1 Å². The molecular weight excluding hydrogens is 565 g/mol. The number of ether oxygens (including phenoxy) is 4. The first kappa shape index (κ1) is 25.7. The number of thioether (sulfide) groups is 1. The number of benzene rings is 2. The first-order chi connectivity index (χ1) is 20.4. The lowest BCUT2D eigenvalue weighted by molar-refractivity contribution is -0.0487. The summed E-state index contributed by atoms with van der Waals surface area (Å²) in [6, 6.07) is 12.6. The lowest BCUT2D eigenvalue weighted by Crippen LogP contribution is -2.66. The SMILES string of the molecule is COC(=O)OCOc1c2n(ccc1=O)N[C@@]13C(c4cccc5c4Cc4c(F)cccc4CS5)[C@@H]1OCC1(CC1)N3C2=O. The molecule has 10 nitrogen and oxygen atoms in total. The summed E-state index contributed by atoms with van der Waals surface area (Å²) in [5.41, 5.74) is 5.34. The number of nitrogens with zero attached hydrogens (tertiary/aromatic N) is 2. The van der Waals surface area contributed by atoms with Gasteiger partial charge >= 0.3 is 6.16 Å². The molecule has 2 saturated carbocycles. The van der Waals surface area contributed by atoms with Gasteiger partial charge in [0.05, 0.1) is 25.2 Å². The Labute approximate surface area is 243 Å². The molecule has 8 rings (SSSR count). The maximum atomic E-state index is 15.0. The van der Waals surface area contributed by atoms with Crippen LogP contribution in [0.25, 0.3) is 0 Å². The van der Waals surface area contributed by atoms with Crippen LogP contribution >= 0.6 is 11.8 Å². The van der Waals surface area contributed by atoms with Crippen molar-refractivity contribution in [1.29, 1.82) is 0 Å². The van der Waals surface area contributed by atoms with Gasteiger partial charge in [0.25, 0.3) is 5.91 Å². The van der Waals surface area contributed by atoms with Gasteiger partial charge < -0.3 is 23.8 Å². The van der Waals surface area contributed by atoms with Gasteiger partial charge in [-0.1, -0.05) is 24.3 Å². The van der Waals surface area contributed by atoms with Gasteiger partial charge in [0.2, 0.25) is 18.0 Å². The van der Waals surface area contributed by atoms with Crippen LogP contribution in [0.1, 0.15) is 51.5 Å². The van der Waals surface area contributed by atoms with E-state index in [2.05, 4.69) is 22.3 Å². The van der Waals surface area contributed by atoms with Gasteiger partial charge in [-0.05, 0) is 47.2 Å². The standard InChI is InChI=1S/C30H26FN3O7S/c1-38-28(37)41-15-40-25-21(35)8-11-33-24(25)27(36)34-29(9-10-29)14-39-26-23(30(26,34)32-33)17-5-3-7-22-19(17)12-18-16(13-42-22)4-2-6-20(18)31/h2-8,11,23,26,32H,9-10,12-15H2,1H3/t23?,26-,30+/m0/s1. The van der Waals surface area contributed by atoms with Crippen LogP contribution in [0.5, 0.6) is 5.75 Å². The fraction of sp³-hybridized carbons (Fsp3) is 0.367. The van der Waals surface area contributed by atoms with Gasteiger partial charge in [0.1, 0.15) is 11.9 Å². The molecule has 4 heterocycles. The number of amides is 1. The van der Waals surface area contributed by atoms with Gasteiger partial charge in [-0.2, -0.15) is 0 Å². The summed E-state index contributed by atoms with van der Waals surface area (Å²) in [7, 11) is 1.16. The number of halogens is 1. The Morgan fingerprint density at radius 1 is 1.17 bits per heavy atom. The molecule has 5 aliphatic rings. The maximum absolute atomic E-state index is 15.0. The van der Waals surface area contributed by atoms with Crippen molar-refractivity contribution in [1.82, 2.24) is 9.58 Å². The highest BCUT2D eigenvalue weighted by Crippen LogP contribution is 2.67. The molecule has 2 spiro atoms. The van der Waals surface area contributed by atoms with E-state index in [0.717, 1.165) is 41.5 Å². The molecule has 216 valence electrons. The first-order valence-electron chi connectivity index (χ1n) is 13.7. The van der Waals surface area contributed by atoms with Gasteiger partial charge in [-0.3, -0.25) is 19.7 Å². The number of fused-ring (bicyclic) bond motifs is 4. The molecule has 3 aliphatic heterocycles. The minimum atomic E-state index is -0.972. The highest BCUT2D eigenvalue weighted by molar-refractivity contribution is 7.98. The van der Waals surface area contributed by atoms with E-state index >= 15 is 4.39 Å². The number of hydrogen-bond donors (Lipinski definition) is 1. The highest BCUT2D eigenvalue weighted by Gasteiger charge is 2.81. The fourth-order valence-corrected chi connectivity index (χ4v) is 8.05. The number of pyridine rings is 1.